The first kappa shape index (κ1) is 19.9. The molecule has 0 aromatic carbocycles. The minimum atomic E-state index is -1.47. The van der Waals surface area contributed by atoms with Gasteiger partial charge < -0.3 is 50.0 Å². The van der Waals surface area contributed by atoms with Gasteiger partial charge in [-0.1, -0.05) is 0 Å². The van der Waals surface area contributed by atoms with Gasteiger partial charge in [-0.3, -0.25) is 0 Å². The molecule has 0 saturated carbocycles. The molecule has 2 saturated heterocycles. The molecular weight excluding hydrogens is 328 g/mol. The zero-order valence-electron chi connectivity index (χ0n) is 13.3. The maximum atomic E-state index is 9.99. The molecule has 2 heterocycles. The Hall–Kier alpha value is -0.400. The summed E-state index contributed by atoms with van der Waals surface area (Å²) in [6.45, 7) is -0.527. The molecule has 2 fully saturated rings. The third-order valence-electron chi connectivity index (χ3n) is 4.63. The Bertz CT molecular complexity index is 356. The molecule has 2 aliphatic rings. The lowest BCUT2D eigenvalue weighted by molar-refractivity contribution is -0.293. The van der Waals surface area contributed by atoms with Gasteiger partial charge in [-0.25, -0.2) is 0 Å². The highest BCUT2D eigenvalue weighted by molar-refractivity contribution is 4.94. The van der Waals surface area contributed by atoms with Crippen molar-refractivity contribution in [3.8, 4) is 0 Å². The van der Waals surface area contributed by atoms with E-state index in [0.29, 0.717) is 0 Å². The van der Waals surface area contributed by atoms with Gasteiger partial charge in [0.2, 0.25) is 0 Å². The lowest BCUT2D eigenvalue weighted by atomic mass is 9.90. The van der Waals surface area contributed by atoms with Crippen LogP contribution in [0.2, 0.25) is 0 Å². The summed E-state index contributed by atoms with van der Waals surface area (Å²) in [6, 6.07) is 0. The van der Waals surface area contributed by atoms with Crippen molar-refractivity contribution in [1.29, 1.82) is 0 Å². The van der Waals surface area contributed by atoms with Crippen molar-refractivity contribution in [2.24, 2.45) is 0 Å². The summed E-state index contributed by atoms with van der Waals surface area (Å²) in [5.41, 5.74) is 0. The number of ether oxygens (including phenoxy) is 3. The monoisotopic (exact) mass is 354 g/mol. The van der Waals surface area contributed by atoms with Crippen molar-refractivity contribution >= 4 is 0 Å². The molecule has 10 heteroatoms. The Morgan fingerprint density at radius 3 is 1.62 bits per heavy atom. The number of hydrogen-bond donors (Lipinski definition) is 7. The van der Waals surface area contributed by atoms with Gasteiger partial charge in [0, 0.05) is 7.11 Å². The fraction of sp³-hybridized carbons (Fsp3) is 1.00. The minimum absolute atomic E-state index is 0.114. The van der Waals surface area contributed by atoms with Crippen LogP contribution in [0.15, 0.2) is 0 Å². The number of aliphatic hydroxyl groups excluding tert-OH is 7. The molecule has 0 bridgehead atoms. The van der Waals surface area contributed by atoms with Crippen molar-refractivity contribution in [2.45, 2.75) is 74.1 Å². The summed E-state index contributed by atoms with van der Waals surface area (Å²) in [7, 11) is 1.28. The summed E-state index contributed by atoms with van der Waals surface area (Å²) >= 11 is 0. The van der Waals surface area contributed by atoms with Crippen LogP contribution in [0.5, 0.6) is 0 Å². The molecule has 0 aromatic heterocycles. The molecule has 7 N–H and O–H groups in total. The van der Waals surface area contributed by atoms with Gasteiger partial charge in [-0.15, -0.1) is 0 Å². The second-order valence-electron chi connectivity index (χ2n) is 6.20. The van der Waals surface area contributed by atoms with E-state index >= 15 is 0 Å². The van der Waals surface area contributed by atoms with Gasteiger partial charge in [0.25, 0.3) is 0 Å². The second kappa shape index (κ2) is 8.32. The smallest absolute Gasteiger partial charge is 0.186 e. The molecule has 24 heavy (non-hydrogen) atoms. The topological polar surface area (TPSA) is 169 Å². The van der Waals surface area contributed by atoms with E-state index in [9.17, 15) is 30.6 Å². The predicted molar refractivity (Wildman–Crippen MR) is 76.7 cm³/mol. The summed E-state index contributed by atoms with van der Waals surface area (Å²) in [6.07, 6.45) is -12.2. The van der Waals surface area contributed by atoms with Crippen molar-refractivity contribution in [1.82, 2.24) is 0 Å². The first-order valence-corrected chi connectivity index (χ1v) is 7.84. The highest BCUT2D eigenvalue weighted by atomic mass is 16.7. The van der Waals surface area contributed by atoms with Gasteiger partial charge >= 0.3 is 0 Å². The number of hydrogen-bond acceptors (Lipinski definition) is 10. The third kappa shape index (κ3) is 3.88. The quantitative estimate of drug-likeness (QED) is 0.259. The highest BCUT2D eigenvalue weighted by Crippen LogP contribution is 2.28. The Balaban J connectivity index is 1.96. The van der Waals surface area contributed by atoms with Crippen LogP contribution in [0.1, 0.15) is 12.8 Å². The Kier molecular flexibility index (Phi) is 6.90. The maximum absolute atomic E-state index is 9.99. The molecule has 0 unspecified atom stereocenters. The van der Waals surface area contributed by atoms with E-state index in [0.717, 1.165) is 0 Å². The molecule has 2 aliphatic heterocycles. The fourth-order valence-corrected chi connectivity index (χ4v) is 3.10. The fourth-order valence-electron chi connectivity index (χ4n) is 3.10. The predicted octanol–water partition coefficient (Wildman–Crippen LogP) is -3.94. The Morgan fingerprint density at radius 2 is 1.12 bits per heavy atom. The van der Waals surface area contributed by atoms with Crippen LogP contribution >= 0.6 is 0 Å². The molecule has 2 rings (SSSR count). The van der Waals surface area contributed by atoms with Crippen molar-refractivity contribution < 1.29 is 50.0 Å². The van der Waals surface area contributed by atoms with Gasteiger partial charge in [0.05, 0.1) is 18.8 Å². The molecule has 0 aliphatic carbocycles. The van der Waals surface area contributed by atoms with Gasteiger partial charge in [0.15, 0.2) is 6.29 Å². The van der Waals surface area contributed by atoms with Crippen molar-refractivity contribution in [2.75, 3.05) is 13.7 Å². The van der Waals surface area contributed by atoms with E-state index in [-0.39, 0.29) is 12.8 Å². The number of methoxy groups -OCH3 is 1. The standard InChI is InChI=1S/C14H26O10/c1-22-14-13(21)12(20)9(17)6(24-14)3-2-5-8(16)11(19)10(18)7(4-15)23-5/h5-21H,2-4H2,1H3/t5-,6+,7+,8-,9+,10-,11+,12-,13-,14-/m0/s1. The van der Waals surface area contributed by atoms with E-state index in [2.05, 4.69) is 0 Å². The SMILES string of the molecule is CO[C@H]1O[C@H](CC[C@@H]2O[C@H](CO)[C@H](O)[C@H](O)[C@H]2O)[C@@H](O)[C@H](O)[C@@H]1O. The average Bonchev–Trinajstić information content (AvgIpc) is 2.58. The highest BCUT2D eigenvalue weighted by Gasteiger charge is 2.46. The molecule has 10 nitrogen and oxygen atoms in total. The maximum Gasteiger partial charge on any atom is 0.186 e. The van der Waals surface area contributed by atoms with Crippen LogP contribution in [-0.2, 0) is 14.2 Å². The summed E-state index contributed by atoms with van der Waals surface area (Å²) in [5, 5.41) is 68.1. The van der Waals surface area contributed by atoms with Gasteiger partial charge in [0.1, 0.15) is 42.7 Å². The first-order chi connectivity index (χ1) is 11.3. The van der Waals surface area contributed by atoms with E-state index in [1.54, 1.807) is 0 Å². The summed E-state index contributed by atoms with van der Waals surface area (Å²) in [4.78, 5) is 0. The van der Waals surface area contributed by atoms with Crippen LogP contribution in [-0.4, -0.2) is 111 Å². The lowest BCUT2D eigenvalue weighted by Gasteiger charge is -2.42. The molecule has 0 amide bonds. The van der Waals surface area contributed by atoms with E-state index < -0.39 is 67.8 Å². The van der Waals surface area contributed by atoms with Crippen LogP contribution in [0.25, 0.3) is 0 Å². The molecule has 0 spiro atoms. The van der Waals surface area contributed by atoms with E-state index in [1.807, 2.05) is 0 Å². The number of aliphatic hydroxyl groups is 7. The van der Waals surface area contributed by atoms with Crippen LogP contribution < -0.4 is 0 Å². The lowest BCUT2D eigenvalue weighted by Crippen LogP contribution is -2.60. The molecular formula is C14H26O10. The number of rotatable bonds is 5. The normalized spacial score (nSPS) is 50.0. The third-order valence-corrected chi connectivity index (χ3v) is 4.63. The van der Waals surface area contributed by atoms with Gasteiger partial charge in [-0.05, 0) is 12.8 Å². The summed E-state index contributed by atoms with van der Waals surface area (Å²) < 4.78 is 15.6. The molecule has 10 atom stereocenters. The Labute approximate surface area is 138 Å². The molecule has 142 valence electrons. The Morgan fingerprint density at radius 1 is 0.667 bits per heavy atom. The zero-order valence-corrected chi connectivity index (χ0v) is 13.3. The van der Waals surface area contributed by atoms with Gasteiger partial charge in [-0.2, -0.15) is 0 Å². The molecule has 0 radical (unpaired) electrons. The molecule has 0 aromatic rings. The van der Waals surface area contributed by atoms with Crippen molar-refractivity contribution in [3.63, 3.8) is 0 Å². The minimum Gasteiger partial charge on any atom is -0.394 e. The zero-order chi connectivity index (χ0) is 18.0. The summed E-state index contributed by atoms with van der Waals surface area (Å²) in [5.74, 6) is 0. The second-order valence-corrected chi connectivity index (χ2v) is 6.20. The van der Waals surface area contributed by atoms with Crippen LogP contribution in [0, 0.1) is 0 Å². The van der Waals surface area contributed by atoms with Crippen LogP contribution in [0.4, 0.5) is 0 Å². The average molecular weight is 354 g/mol. The van der Waals surface area contributed by atoms with E-state index in [4.69, 9.17) is 19.3 Å². The van der Waals surface area contributed by atoms with Crippen LogP contribution in [0.3, 0.4) is 0 Å². The van der Waals surface area contributed by atoms with Crippen molar-refractivity contribution in [3.05, 3.63) is 0 Å². The largest absolute Gasteiger partial charge is 0.394 e. The van der Waals surface area contributed by atoms with E-state index in [1.165, 1.54) is 7.11 Å². The first-order valence-electron chi connectivity index (χ1n) is 7.84.